The highest BCUT2D eigenvalue weighted by Crippen LogP contribution is 2.69. The van der Waals surface area contributed by atoms with Gasteiger partial charge in [0.2, 0.25) is 0 Å². The number of benzene rings is 7. The molecule has 4 aliphatic rings. The molecular formula is C50H39NS. The zero-order valence-electron chi connectivity index (χ0n) is 29.1. The molecule has 1 spiro atoms. The molecule has 250 valence electrons. The SMILES string of the molecule is c1ccc2c(c1)-c1cc(N(c3ccc(-c4ccc5sc6ccccc6c5c4)cc3)c3ccc4ccccc4c3)ccc1C21CCC2CC3CC1C3C2. The average Bonchev–Trinajstić information content (AvgIpc) is 3.78. The Hall–Kier alpha value is -5.18. The lowest BCUT2D eigenvalue weighted by Crippen LogP contribution is -2.47. The molecule has 5 unspecified atom stereocenters. The summed E-state index contributed by atoms with van der Waals surface area (Å²) in [5.74, 6) is 3.61. The Morgan fingerprint density at radius 2 is 1.25 bits per heavy atom. The van der Waals surface area contributed by atoms with Gasteiger partial charge in [0.15, 0.2) is 0 Å². The molecule has 0 saturated heterocycles. The van der Waals surface area contributed by atoms with Crippen LogP contribution in [0.4, 0.5) is 17.1 Å². The normalized spacial score (nSPS) is 23.8. The van der Waals surface area contributed by atoms with Crippen LogP contribution >= 0.6 is 11.3 Å². The van der Waals surface area contributed by atoms with Crippen LogP contribution in [0.1, 0.15) is 43.2 Å². The highest BCUT2D eigenvalue weighted by molar-refractivity contribution is 7.25. The fraction of sp³-hybridized carbons (Fsp3) is 0.200. The van der Waals surface area contributed by atoms with Gasteiger partial charge >= 0.3 is 0 Å². The van der Waals surface area contributed by atoms with E-state index in [2.05, 4.69) is 157 Å². The number of anilines is 3. The van der Waals surface area contributed by atoms with Crippen LogP contribution in [-0.2, 0) is 5.41 Å². The van der Waals surface area contributed by atoms with Crippen LogP contribution in [0.15, 0.2) is 152 Å². The predicted octanol–water partition coefficient (Wildman–Crippen LogP) is 14.1. The van der Waals surface area contributed by atoms with E-state index in [1.165, 1.54) is 102 Å². The number of thiophene rings is 1. The predicted molar refractivity (Wildman–Crippen MR) is 220 cm³/mol. The van der Waals surface area contributed by atoms with E-state index < -0.39 is 0 Å². The molecule has 7 aromatic carbocycles. The van der Waals surface area contributed by atoms with Crippen LogP contribution in [0.2, 0.25) is 0 Å². The number of nitrogens with zero attached hydrogens (tertiary/aromatic N) is 1. The average molecular weight is 686 g/mol. The smallest absolute Gasteiger partial charge is 0.0468 e. The van der Waals surface area contributed by atoms with Gasteiger partial charge < -0.3 is 4.90 Å². The third-order valence-electron chi connectivity index (χ3n) is 13.8. The first kappa shape index (κ1) is 29.4. The molecule has 1 aromatic heterocycles. The highest BCUT2D eigenvalue weighted by Gasteiger charge is 2.61. The summed E-state index contributed by atoms with van der Waals surface area (Å²) in [5, 5.41) is 5.22. The van der Waals surface area contributed by atoms with Crippen molar-refractivity contribution in [1.29, 1.82) is 0 Å². The van der Waals surface area contributed by atoms with Crippen molar-refractivity contribution in [3.05, 3.63) is 163 Å². The molecule has 0 radical (unpaired) electrons. The first-order valence-corrected chi connectivity index (χ1v) is 20.1. The van der Waals surface area contributed by atoms with Crippen LogP contribution in [0, 0.1) is 23.7 Å². The second-order valence-electron chi connectivity index (χ2n) is 16.1. The lowest BCUT2D eigenvalue weighted by molar-refractivity contribution is 0.0400. The second kappa shape index (κ2) is 10.9. The Bertz CT molecular complexity index is 2720. The van der Waals surface area contributed by atoms with Gasteiger partial charge in [0, 0.05) is 42.6 Å². The zero-order chi connectivity index (χ0) is 34.0. The van der Waals surface area contributed by atoms with E-state index in [0.717, 1.165) is 23.7 Å². The van der Waals surface area contributed by atoms with Crippen molar-refractivity contribution in [3.63, 3.8) is 0 Å². The van der Waals surface area contributed by atoms with Crippen LogP contribution in [0.3, 0.4) is 0 Å². The van der Waals surface area contributed by atoms with Gasteiger partial charge in [-0.15, -0.1) is 11.3 Å². The summed E-state index contributed by atoms with van der Waals surface area (Å²) < 4.78 is 2.69. The molecule has 5 atom stereocenters. The lowest BCUT2D eigenvalue weighted by Gasteiger charge is -2.52. The molecule has 1 heterocycles. The minimum absolute atomic E-state index is 0.172. The van der Waals surface area contributed by atoms with Crippen molar-refractivity contribution >= 4 is 59.3 Å². The molecule has 4 aliphatic carbocycles. The maximum atomic E-state index is 2.54. The maximum absolute atomic E-state index is 2.54. The summed E-state index contributed by atoms with van der Waals surface area (Å²) in [6.45, 7) is 0. The van der Waals surface area contributed by atoms with Crippen LogP contribution in [0.25, 0.3) is 53.2 Å². The van der Waals surface area contributed by atoms with E-state index in [-0.39, 0.29) is 5.41 Å². The van der Waals surface area contributed by atoms with Crippen molar-refractivity contribution < 1.29 is 0 Å². The summed E-state index contributed by atoms with van der Waals surface area (Å²) in [6, 6.07) is 57.6. The molecule has 0 aliphatic heterocycles. The quantitative estimate of drug-likeness (QED) is 0.178. The zero-order valence-corrected chi connectivity index (χ0v) is 30.0. The Kier molecular flexibility index (Phi) is 6.17. The summed E-state index contributed by atoms with van der Waals surface area (Å²) in [4.78, 5) is 2.48. The third kappa shape index (κ3) is 4.10. The van der Waals surface area contributed by atoms with Gasteiger partial charge in [0.05, 0.1) is 0 Å². The molecule has 0 N–H and O–H groups in total. The Morgan fingerprint density at radius 1 is 0.519 bits per heavy atom. The number of hydrogen-bond acceptors (Lipinski definition) is 2. The Balaban J connectivity index is 0.995. The lowest BCUT2D eigenvalue weighted by atomic mass is 9.51. The van der Waals surface area contributed by atoms with Crippen LogP contribution in [0.5, 0.6) is 0 Å². The van der Waals surface area contributed by atoms with E-state index in [9.17, 15) is 0 Å². The minimum atomic E-state index is 0.172. The largest absolute Gasteiger partial charge is 0.310 e. The van der Waals surface area contributed by atoms with Crippen molar-refractivity contribution in [2.45, 2.75) is 37.5 Å². The van der Waals surface area contributed by atoms with Gasteiger partial charge in [0.25, 0.3) is 0 Å². The summed E-state index contributed by atoms with van der Waals surface area (Å²) in [6.07, 6.45) is 7.06. The van der Waals surface area contributed by atoms with Gasteiger partial charge in [-0.3, -0.25) is 0 Å². The summed E-state index contributed by atoms with van der Waals surface area (Å²) >= 11 is 1.88. The molecule has 1 nitrogen and oxygen atoms in total. The van der Waals surface area contributed by atoms with Crippen molar-refractivity contribution in [3.8, 4) is 22.3 Å². The van der Waals surface area contributed by atoms with Crippen LogP contribution in [-0.4, -0.2) is 0 Å². The van der Waals surface area contributed by atoms with E-state index in [4.69, 9.17) is 0 Å². The fourth-order valence-corrected chi connectivity index (χ4v) is 12.5. The van der Waals surface area contributed by atoms with Gasteiger partial charge in [-0.25, -0.2) is 0 Å². The molecule has 2 bridgehead atoms. The first-order chi connectivity index (χ1) is 25.7. The molecule has 8 aromatic rings. The summed E-state index contributed by atoms with van der Waals surface area (Å²) in [5.41, 5.74) is 12.4. The Morgan fingerprint density at radius 3 is 2.19 bits per heavy atom. The van der Waals surface area contributed by atoms with Crippen molar-refractivity contribution in [1.82, 2.24) is 0 Å². The monoisotopic (exact) mass is 685 g/mol. The fourth-order valence-electron chi connectivity index (χ4n) is 11.4. The van der Waals surface area contributed by atoms with Gasteiger partial charge in [0.1, 0.15) is 0 Å². The summed E-state index contributed by atoms with van der Waals surface area (Å²) in [7, 11) is 0. The first-order valence-electron chi connectivity index (χ1n) is 19.3. The molecule has 3 fully saturated rings. The number of rotatable bonds is 4. The van der Waals surface area contributed by atoms with E-state index in [0.29, 0.717) is 0 Å². The molecule has 52 heavy (non-hydrogen) atoms. The molecule has 0 amide bonds. The topological polar surface area (TPSA) is 3.24 Å². The molecule has 2 heteroatoms. The van der Waals surface area contributed by atoms with E-state index in [1.54, 1.807) is 11.1 Å². The van der Waals surface area contributed by atoms with Gasteiger partial charge in [-0.2, -0.15) is 0 Å². The standard InChI is InChI=1S/C50H39NS/c1-2-8-34-27-38(19-15-32(34)7-1)51(37-17-13-33(14-18-37)35-16-22-49-44(28-35)41-10-4-6-12-48(41)52-49)39-20-21-46-43(30-39)40-9-3-5-11-45(40)50(46)24-23-31-25-36-29-47(50)42(36)26-31/h1-22,27-28,30-31,36,42,47H,23-26,29H2. The third-order valence-corrected chi connectivity index (χ3v) is 14.9. The Labute approximate surface area is 309 Å². The van der Waals surface area contributed by atoms with Crippen LogP contribution < -0.4 is 4.90 Å². The van der Waals surface area contributed by atoms with Gasteiger partial charge in [-0.05, 0) is 155 Å². The van der Waals surface area contributed by atoms with E-state index >= 15 is 0 Å². The van der Waals surface area contributed by atoms with Crippen molar-refractivity contribution in [2.24, 2.45) is 23.7 Å². The van der Waals surface area contributed by atoms with Crippen molar-refractivity contribution in [2.75, 3.05) is 4.90 Å². The molecule has 12 rings (SSSR count). The number of fused-ring (bicyclic) bond motifs is 11. The van der Waals surface area contributed by atoms with E-state index in [1.807, 2.05) is 11.3 Å². The second-order valence-corrected chi connectivity index (χ2v) is 17.2. The molecule has 3 saturated carbocycles. The highest BCUT2D eigenvalue weighted by atomic mass is 32.1. The number of hydrogen-bond donors (Lipinski definition) is 0. The minimum Gasteiger partial charge on any atom is -0.310 e. The van der Waals surface area contributed by atoms with Gasteiger partial charge in [-0.1, -0.05) is 97.1 Å². The maximum Gasteiger partial charge on any atom is 0.0468 e. The molecular weight excluding hydrogens is 647 g/mol.